The molecule has 1 aliphatic heterocycles. The van der Waals surface area contributed by atoms with Gasteiger partial charge in [0, 0.05) is 36.9 Å². The molecule has 228 valence electrons. The zero-order chi connectivity index (χ0) is 29.4. The van der Waals surface area contributed by atoms with Gasteiger partial charge in [-0.25, -0.2) is 9.78 Å². The summed E-state index contributed by atoms with van der Waals surface area (Å²) in [7, 11) is 0. The third-order valence-corrected chi connectivity index (χ3v) is 9.98. The predicted molar refractivity (Wildman–Crippen MR) is 161 cm³/mol. The maximum Gasteiger partial charge on any atom is 0.415 e. The van der Waals surface area contributed by atoms with E-state index in [0.717, 1.165) is 92.8 Å². The SMILES string of the molecule is CC(C)Oc1ccc(-c2ccnc(N(CC34CCC(c5noc(C6CC6)n5)(CC3)CC4)C(=O)OC3CCOCC3)c2)cc1. The first-order chi connectivity index (χ1) is 20.9. The van der Waals surface area contributed by atoms with Crippen molar-refractivity contribution < 1.29 is 23.5 Å². The number of carbonyl (C=O) groups is 1. The van der Waals surface area contributed by atoms with Crippen LogP contribution >= 0.6 is 0 Å². The van der Waals surface area contributed by atoms with Gasteiger partial charge in [0.2, 0.25) is 5.89 Å². The number of carbonyl (C=O) groups excluding carboxylic acids is 1. The predicted octanol–water partition coefficient (Wildman–Crippen LogP) is 7.21. The molecule has 3 aromatic rings. The smallest absolute Gasteiger partial charge is 0.415 e. The molecule has 2 bridgehead atoms. The number of fused-ring (bicyclic) bond motifs is 3. The van der Waals surface area contributed by atoms with Gasteiger partial charge in [-0.3, -0.25) is 4.90 Å². The molecule has 0 atom stereocenters. The molecular weight excluding hydrogens is 544 g/mol. The first-order valence-electron chi connectivity index (χ1n) is 16.0. The summed E-state index contributed by atoms with van der Waals surface area (Å²) in [6, 6.07) is 12.1. The van der Waals surface area contributed by atoms with Crippen LogP contribution in [0.4, 0.5) is 10.6 Å². The van der Waals surface area contributed by atoms with Crippen molar-refractivity contribution in [3.8, 4) is 16.9 Å². The lowest BCUT2D eigenvalue weighted by molar-refractivity contribution is 0.000678. The Hall–Kier alpha value is -3.46. The van der Waals surface area contributed by atoms with Crippen molar-refractivity contribution in [3.63, 3.8) is 0 Å². The van der Waals surface area contributed by atoms with E-state index >= 15 is 0 Å². The van der Waals surface area contributed by atoms with E-state index in [-0.39, 0.29) is 29.1 Å². The van der Waals surface area contributed by atoms with Crippen LogP contribution in [0, 0.1) is 5.41 Å². The first-order valence-corrected chi connectivity index (χ1v) is 16.0. The highest BCUT2D eigenvalue weighted by molar-refractivity contribution is 5.87. The minimum atomic E-state index is -0.318. The number of hydrogen-bond acceptors (Lipinski definition) is 8. The van der Waals surface area contributed by atoms with E-state index in [0.29, 0.717) is 31.5 Å². The van der Waals surface area contributed by atoms with Gasteiger partial charge in [-0.1, -0.05) is 17.3 Å². The quantitative estimate of drug-likeness (QED) is 0.259. The van der Waals surface area contributed by atoms with Crippen LogP contribution in [0.15, 0.2) is 47.1 Å². The molecule has 0 N–H and O–H groups in total. The molecule has 0 unspecified atom stereocenters. The van der Waals surface area contributed by atoms with Crippen LogP contribution in [-0.4, -0.2) is 53.2 Å². The van der Waals surface area contributed by atoms with Crippen LogP contribution in [0.3, 0.4) is 0 Å². The number of pyridine rings is 1. The van der Waals surface area contributed by atoms with E-state index in [1.807, 2.05) is 38.1 Å². The van der Waals surface area contributed by atoms with Crippen LogP contribution < -0.4 is 9.64 Å². The number of ether oxygens (including phenoxy) is 3. The van der Waals surface area contributed by atoms with Crippen molar-refractivity contribution in [2.45, 2.75) is 102 Å². The number of amides is 1. The van der Waals surface area contributed by atoms with Gasteiger partial charge in [-0.2, -0.15) is 4.98 Å². The molecule has 9 heteroatoms. The van der Waals surface area contributed by atoms with Crippen LogP contribution in [0.5, 0.6) is 5.75 Å². The molecule has 1 saturated heterocycles. The molecule has 9 nitrogen and oxygen atoms in total. The maximum absolute atomic E-state index is 13.9. The zero-order valence-corrected chi connectivity index (χ0v) is 25.3. The van der Waals surface area contributed by atoms with E-state index < -0.39 is 0 Å². The fourth-order valence-corrected chi connectivity index (χ4v) is 7.10. The average molecular weight is 587 g/mol. The van der Waals surface area contributed by atoms with E-state index in [4.69, 9.17) is 28.7 Å². The lowest BCUT2D eigenvalue weighted by atomic mass is 9.53. The van der Waals surface area contributed by atoms with Crippen LogP contribution in [0.2, 0.25) is 0 Å². The van der Waals surface area contributed by atoms with E-state index in [1.165, 1.54) is 0 Å². The number of nitrogens with zero attached hydrogens (tertiary/aromatic N) is 4. The van der Waals surface area contributed by atoms with Crippen molar-refractivity contribution in [1.29, 1.82) is 0 Å². The second-order valence-electron chi connectivity index (χ2n) is 13.4. The molecular formula is C34H42N4O5. The third kappa shape index (κ3) is 6.01. The fraction of sp³-hybridized carbons (Fsp3) is 0.588. The lowest BCUT2D eigenvalue weighted by Crippen LogP contribution is -2.51. The molecule has 4 saturated carbocycles. The highest BCUT2D eigenvalue weighted by Crippen LogP contribution is 2.58. The third-order valence-electron chi connectivity index (χ3n) is 9.98. The second kappa shape index (κ2) is 11.6. The molecule has 0 spiro atoms. The monoisotopic (exact) mass is 586 g/mol. The van der Waals surface area contributed by atoms with Gasteiger partial charge in [-0.15, -0.1) is 0 Å². The van der Waals surface area contributed by atoms with Gasteiger partial charge in [0.05, 0.1) is 19.3 Å². The van der Waals surface area contributed by atoms with E-state index in [1.54, 1.807) is 11.1 Å². The Balaban J connectivity index is 1.12. The molecule has 0 radical (unpaired) electrons. The Morgan fingerprint density at radius 3 is 2.37 bits per heavy atom. The molecule has 5 fully saturated rings. The van der Waals surface area contributed by atoms with Crippen molar-refractivity contribution in [2.24, 2.45) is 5.41 Å². The number of anilines is 1. The molecule has 1 amide bonds. The summed E-state index contributed by atoms with van der Waals surface area (Å²) in [4.78, 5) is 25.2. The standard InChI is InChI=1S/C34H42N4O5/c1-23(2)41-27-7-5-24(6-8-27)26-9-18-35-29(21-26)38(32(39)42-28-10-19-40-20-11-28)22-33-12-15-34(16-13-33,17-14-33)31-36-30(43-37-31)25-3-4-25/h5-9,18,21,23,25,28H,3-4,10-17,19-20,22H2,1-2H3. The normalized spacial score (nSPS) is 25.6. The minimum Gasteiger partial charge on any atom is -0.491 e. The molecule has 5 aliphatic rings. The van der Waals surface area contributed by atoms with Gasteiger partial charge in [0.25, 0.3) is 0 Å². The Morgan fingerprint density at radius 2 is 1.70 bits per heavy atom. The Labute approximate surface area is 253 Å². The van der Waals surface area contributed by atoms with Crippen molar-refractivity contribution in [3.05, 3.63) is 54.3 Å². The zero-order valence-electron chi connectivity index (χ0n) is 25.3. The number of aromatic nitrogens is 3. The first kappa shape index (κ1) is 28.3. The van der Waals surface area contributed by atoms with Crippen LogP contribution in [0.1, 0.15) is 95.7 Å². The lowest BCUT2D eigenvalue weighted by Gasteiger charge is -2.53. The highest BCUT2D eigenvalue weighted by Gasteiger charge is 2.53. The second-order valence-corrected chi connectivity index (χ2v) is 13.4. The molecule has 3 heterocycles. The summed E-state index contributed by atoms with van der Waals surface area (Å²) < 4.78 is 23.1. The van der Waals surface area contributed by atoms with Crippen molar-refractivity contribution in [2.75, 3.05) is 24.7 Å². The maximum atomic E-state index is 13.9. The molecule has 43 heavy (non-hydrogen) atoms. The summed E-state index contributed by atoms with van der Waals surface area (Å²) >= 11 is 0. The minimum absolute atomic E-state index is 0.00452. The topological polar surface area (TPSA) is 99.8 Å². The molecule has 1 aromatic carbocycles. The average Bonchev–Trinajstić information content (AvgIpc) is 3.77. The Kier molecular flexibility index (Phi) is 7.61. The fourth-order valence-electron chi connectivity index (χ4n) is 7.10. The van der Waals surface area contributed by atoms with Crippen molar-refractivity contribution in [1.82, 2.24) is 15.1 Å². The summed E-state index contributed by atoms with van der Waals surface area (Å²) in [5, 5.41) is 4.45. The van der Waals surface area contributed by atoms with E-state index in [9.17, 15) is 4.79 Å². The number of benzene rings is 1. The van der Waals surface area contributed by atoms with Crippen LogP contribution in [0.25, 0.3) is 11.1 Å². The van der Waals surface area contributed by atoms with Gasteiger partial charge in [0.15, 0.2) is 5.82 Å². The number of hydrogen-bond donors (Lipinski definition) is 0. The Morgan fingerprint density at radius 1 is 0.977 bits per heavy atom. The van der Waals surface area contributed by atoms with Gasteiger partial charge < -0.3 is 18.7 Å². The molecule has 2 aromatic heterocycles. The van der Waals surface area contributed by atoms with Gasteiger partial charge >= 0.3 is 6.09 Å². The summed E-state index contributed by atoms with van der Waals surface area (Å²) in [5.74, 6) is 3.65. The molecule has 8 rings (SSSR count). The van der Waals surface area contributed by atoms with E-state index in [2.05, 4.69) is 17.3 Å². The largest absolute Gasteiger partial charge is 0.491 e. The number of rotatable bonds is 9. The van der Waals surface area contributed by atoms with Gasteiger partial charge in [0.1, 0.15) is 17.7 Å². The van der Waals surface area contributed by atoms with Crippen LogP contribution in [-0.2, 0) is 14.9 Å². The molecule has 4 aliphatic carbocycles. The Bertz CT molecular complexity index is 1400. The summed E-state index contributed by atoms with van der Waals surface area (Å²) in [5.41, 5.74) is 2.04. The summed E-state index contributed by atoms with van der Waals surface area (Å²) in [6.45, 7) is 5.86. The van der Waals surface area contributed by atoms with Gasteiger partial charge in [-0.05, 0) is 106 Å². The summed E-state index contributed by atoms with van der Waals surface area (Å²) in [6.07, 6.45) is 11.3. The van der Waals surface area contributed by atoms with Crippen molar-refractivity contribution >= 4 is 11.9 Å². The highest BCUT2D eigenvalue weighted by atomic mass is 16.6.